The molecule has 2 aromatic heterocycles. The van der Waals surface area contributed by atoms with E-state index >= 15 is 0 Å². The number of thiophene rings is 2. The number of carboxylic acids is 1. The first kappa shape index (κ1) is 15.3. The number of halogens is 2. The Labute approximate surface area is 140 Å². The summed E-state index contributed by atoms with van der Waals surface area (Å²) in [6.07, 6.45) is 0.872. The topological polar surface area (TPSA) is 40.5 Å². The normalized spacial score (nSPS) is 20.2. The van der Waals surface area contributed by atoms with Gasteiger partial charge in [-0.15, -0.1) is 22.7 Å². The number of fused-ring (bicyclic) bond motifs is 1. The largest absolute Gasteiger partial charge is 0.480 e. The zero-order valence-electron chi connectivity index (χ0n) is 11.2. The number of aliphatic carboxylic acids is 1. The van der Waals surface area contributed by atoms with Crippen LogP contribution in [0.2, 0.25) is 8.67 Å². The highest BCUT2D eigenvalue weighted by Gasteiger charge is 2.37. The lowest BCUT2D eigenvalue weighted by molar-refractivity contribution is -0.145. The zero-order chi connectivity index (χ0) is 15.1. The Kier molecular flexibility index (Phi) is 4.30. The van der Waals surface area contributed by atoms with Gasteiger partial charge in [-0.25, -0.2) is 0 Å². The summed E-state index contributed by atoms with van der Waals surface area (Å²) in [5, 5.41) is 11.6. The van der Waals surface area contributed by atoms with Gasteiger partial charge in [0.25, 0.3) is 0 Å². The van der Waals surface area contributed by atoms with Gasteiger partial charge in [-0.05, 0) is 36.4 Å². The fourth-order valence-electron chi connectivity index (χ4n) is 2.84. The van der Waals surface area contributed by atoms with Crippen LogP contribution in [0.1, 0.15) is 35.0 Å². The van der Waals surface area contributed by atoms with Crippen LogP contribution >= 0.6 is 45.9 Å². The lowest BCUT2D eigenvalue weighted by Crippen LogP contribution is -2.40. The molecule has 0 spiro atoms. The minimum Gasteiger partial charge on any atom is -0.480 e. The SMILES string of the molecule is CC(c1cc(Cl)sc1Cl)N1CCc2sccc2C1C(=O)O. The van der Waals surface area contributed by atoms with Crippen molar-refractivity contribution in [3.63, 3.8) is 0 Å². The van der Waals surface area contributed by atoms with Gasteiger partial charge in [0.2, 0.25) is 0 Å². The van der Waals surface area contributed by atoms with Crippen LogP contribution in [-0.4, -0.2) is 22.5 Å². The van der Waals surface area contributed by atoms with Crippen LogP contribution in [0, 0.1) is 0 Å². The third-order valence-electron chi connectivity index (χ3n) is 3.87. The summed E-state index contributed by atoms with van der Waals surface area (Å²) < 4.78 is 1.26. The zero-order valence-corrected chi connectivity index (χ0v) is 14.3. The minimum absolute atomic E-state index is 0.0876. The van der Waals surface area contributed by atoms with Gasteiger partial charge in [-0.3, -0.25) is 9.69 Å². The molecule has 112 valence electrons. The number of carboxylic acid groups (broad SMARTS) is 1. The van der Waals surface area contributed by atoms with Crippen LogP contribution in [0.25, 0.3) is 0 Å². The first-order chi connectivity index (χ1) is 9.99. The quantitative estimate of drug-likeness (QED) is 0.848. The number of hydrogen-bond acceptors (Lipinski definition) is 4. The number of nitrogens with zero attached hydrogens (tertiary/aromatic N) is 1. The Morgan fingerprint density at radius 2 is 2.29 bits per heavy atom. The van der Waals surface area contributed by atoms with Gasteiger partial charge < -0.3 is 5.11 Å². The minimum atomic E-state index is -0.821. The molecule has 0 amide bonds. The molecule has 21 heavy (non-hydrogen) atoms. The Balaban J connectivity index is 1.98. The highest BCUT2D eigenvalue weighted by atomic mass is 35.5. The Hall–Kier alpha value is -0.590. The molecule has 2 unspecified atom stereocenters. The van der Waals surface area contributed by atoms with E-state index in [1.807, 2.05) is 29.3 Å². The van der Waals surface area contributed by atoms with E-state index in [2.05, 4.69) is 0 Å². The van der Waals surface area contributed by atoms with E-state index in [0.29, 0.717) is 15.2 Å². The molecule has 0 fully saturated rings. The van der Waals surface area contributed by atoms with Gasteiger partial charge in [0.05, 0.1) is 8.67 Å². The van der Waals surface area contributed by atoms with Crippen molar-refractivity contribution in [2.75, 3.05) is 6.54 Å². The molecule has 0 saturated heterocycles. The predicted molar refractivity (Wildman–Crippen MR) is 87.9 cm³/mol. The first-order valence-corrected chi connectivity index (χ1v) is 8.93. The van der Waals surface area contributed by atoms with Crippen molar-refractivity contribution in [2.24, 2.45) is 0 Å². The van der Waals surface area contributed by atoms with Crippen molar-refractivity contribution in [2.45, 2.75) is 25.4 Å². The standard InChI is InChI=1S/C14H13Cl2NO2S2/c1-7(9-6-11(15)21-13(9)16)17-4-2-10-8(3-5-20-10)12(17)14(18)19/h3,5-7,12H,2,4H2,1H3,(H,18,19). The van der Waals surface area contributed by atoms with Crippen LogP contribution in [0.5, 0.6) is 0 Å². The van der Waals surface area contributed by atoms with E-state index < -0.39 is 12.0 Å². The summed E-state index contributed by atoms with van der Waals surface area (Å²) in [6, 6.07) is 3.04. The monoisotopic (exact) mass is 361 g/mol. The van der Waals surface area contributed by atoms with E-state index in [1.54, 1.807) is 11.3 Å². The van der Waals surface area contributed by atoms with Crippen LogP contribution in [0.4, 0.5) is 0 Å². The number of rotatable bonds is 3. The van der Waals surface area contributed by atoms with Gasteiger partial charge in [0.15, 0.2) is 0 Å². The molecule has 0 bridgehead atoms. The second-order valence-electron chi connectivity index (χ2n) is 4.98. The number of hydrogen-bond donors (Lipinski definition) is 1. The van der Waals surface area contributed by atoms with Crippen molar-refractivity contribution < 1.29 is 9.90 Å². The molecule has 2 aromatic rings. The molecule has 1 N–H and O–H groups in total. The third kappa shape index (κ3) is 2.73. The third-order valence-corrected chi connectivity index (χ3v) is 6.38. The molecule has 1 aliphatic rings. The van der Waals surface area contributed by atoms with Crippen LogP contribution in [-0.2, 0) is 11.2 Å². The van der Waals surface area contributed by atoms with E-state index in [4.69, 9.17) is 23.2 Å². The molecular weight excluding hydrogens is 349 g/mol. The van der Waals surface area contributed by atoms with E-state index in [9.17, 15) is 9.90 Å². The first-order valence-electron chi connectivity index (χ1n) is 6.48. The van der Waals surface area contributed by atoms with E-state index in [-0.39, 0.29) is 6.04 Å². The smallest absolute Gasteiger partial charge is 0.325 e. The molecule has 3 nitrogen and oxygen atoms in total. The Morgan fingerprint density at radius 3 is 2.90 bits per heavy atom. The number of carbonyl (C=O) groups is 1. The van der Waals surface area contributed by atoms with Crippen LogP contribution < -0.4 is 0 Å². The van der Waals surface area contributed by atoms with Crippen molar-refractivity contribution in [1.29, 1.82) is 0 Å². The Bertz CT molecular complexity index is 682. The summed E-state index contributed by atoms with van der Waals surface area (Å²) in [6.45, 7) is 2.69. The maximum atomic E-state index is 11.8. The molecule has 0 saturated carbocycles. The summed E-state index contributed by atoms with van der Waals surface area (Å²) in [5.74, 6) is -0.821. The molecule has 3 rings (SSSR count). The highest BCUT2D eigenvalue weighted by molar-refractivity contribution is 7.20. The van der Waals surface area contributed by atoms with Crippen LogP contribution in [0.3, 0.4) is 0 Å². The van der Waals surface area contributed by atoms with Crippen molar-refractivity contribution in [3.05, 3.63) is 42.2 Å². The maximum absolute atomic E-state index is 11.8. The summed E-state index contributed by atoms with van der Waals surface area (Å²) in [7, 11) is 0. The summed E-state index contributed by atoms with van der Waals surface area (Å²) in [4.78, 5) is 14.9. The molecule has 2 atom stereocenters. The molecule has 0 aliphatic carbocycles. The fraction of sp³-hybridized carbons (Fsp3) is 0.357. The van der Waals surface area contributed by atoms with Gasteiger partial charge in [0, 0.05) is 23.0 Å². The van der Waals surface area contributed by atoms with Gasteiger partial charge in [0.1, 0.15) is 6.04 Å². The van der Waals surface area contributed by atoms with Crippen molar-refractivity contribution in [3.8, 4) is 0 Å². The highest BCUT2D eigenvalue weighted by Crippen LogP contribution is 2.42. The van der Waals surface area contributed by atoms with Gasteiger partial charge in [-0.2, -0.15) is 0 Å². The Morgan fingerprint density at radius 1 is 1.52 bits per heavy atom. The van der Waals surface area contributed by atoms with Crippen molar-refractivity contribution >= 4 is 51.8 Å². The molecule has 3 heterocycles. The summed E-state index contributed by atoms with van der Waals surface area (Å²) >= 11 is 15.2. The predicted octanol–water partition coefficient (Wildman–Crippen LogP) is 4.86. The molecule has 0 aromatic carbocycles. The lowest BCUT2D eigenvalue weighted by atomic mass is 9.96. The summed E-state index contributed by atoms with van der Waals surface area (Å²) in [5.41, 5.74) is 1.81. The van der Waals surface area contributed by atoms with Crippen LogP contribution in [0.15, 0.2) is 17.5 Å². The van der Waals surface area contributed by atoms with E-state index in [1.165, 1.54) is 16.2 Å². The molecule has 7 heteroatoms. The molecular formula is C14H13Cl2NO2S2. The van der Waals surface area contributed by atoms with Gasteiger partial charge >= 0.3 is 5.97 Å². The fourth-order valence-corrected chi connectivity index (χ4v) is 5.38. The molecule has 1 aliphatic heterocycles. The molecule has 0 radical (unpaired) electrons. The maximum Gasteiger partial charge on any atom is 0.325 e. The second-order valence-corrected chi connectivity index (χ2v) is 8.27. The van der Waals surface area contributed by atoms with E-state index in [0.717, 1.165) is 17.5 Å². The lowest BCUT2D eigenvalue weighted by Gasteiger charge is -2.37. The average molecular weight is 362 g/mol. The van der Waals surface area contributed by atoms with Crippen molar-refractivity contribution in [1.82, 2.24) is 4.90 Å². The van der Waals surface area contributed by atoms with Gasteiger partial charge in [-0.1, -0.05) is 23.2 Å². The second kappa shape index (κ2) is 5.89. The average Bonchev–Trinajstić information content (AvgIpc) is 3.02.